The second-order valence-corrected chi connectivity index (χ2v) is 5.97. The van der Waals surface area contributed by atoms with Crippen molar-refractivity contribution >= 4 is 11.8 Å². The monoisotopic (exact) mass is 307 g/mol. The number of amides is 2. The van der Waals surface area contributed by atoms with Gasteiger partial charge in [0.15, 0.2) is 5.69 Å². The minimum atomic E-state index is -0.284. The zero-order valence-electron chi connectivity index (χ0n) is 13.2. The normalized spacial score (nSPS) is 15.5. The van der Waals surface area contributed by atoms with Gasteiger partial charge in [0.2, 0.25) is 5.91 Å². The fourth-order valence-corrected chi connectivity index (χ4v) is 2.84. The van der Waals surface area contributed by atoms with Gasteiger partial charge in [0.05, 0.1) is 0 Å². The molecule has 2 rings (SSSR count). The first kappa shape index (κ1) is 16.5. The standard InChI is InChI=1S/C16H25N3O3/c1-12-11-14(19-22-12)16(21)18-10-9-17-15(20)8-7-13-5-3-2-4-6-13/h11,13H,2-10H2,1H3,(H,17,20)(H,18,21). The smallest absolute Gasteiger partial charge is 0.273 e. The second kappa shape index (κ2) is 8.56. The number of nitrogens with zero attached hydrogens (tertiary/aromatic N) is 1. The van der Waals surface area contributed by atoms with Crippen LogP contribution in [0.1, 0.15) is 61.2 Å². The Morgan fingerprint density at radius 1 is 1.23 bits per heavy atom. The molecule has 1 fully saturated rings. The first-order valence-electron chi connectivity index (χ1n) is 8.13. The van der Waals surface area contributed by atoms with Gasteiger partial charge >= 0.3 is 0 Å². The lowest BCUT2D eigenvalue weighted by Gasteiger charge is -2.20. The van der Waals surface area contributed by atoms with Gasteiger partial charge in [0.25, 0.3) is 5.91 Å². The summed E-state index contributed by atoms with van der Waals surface area (Å²) in [4.78, 5) is 23.4. The van der Waals surface area contributed by atoms with Crippen LogP contribution in [0.2, 0.25) is 0 Å². The molecule has 0 atom stereocenters. The molecule has 2 amide bonds. The molecule has 0 aliphatic heterocycles. The van der Waals surface area contributed by atoms with Gasteiger partial charge in [-0.1, -0.05) is 37.3 Å². The Kier molecular flexibility index (Phi) is 6.43. The first-order chi connectivity index (χ1) is 10.6. The fourth-order valence-electron chi connectivity index (χ4n) is 2.84. The van der Waals surface area contributed by atoms with Gasteiger partial charge in [-0.3, -0.25) is 9.59 Å². The summed E-state index contributed by atoms with van der Waals surface area (Å²) in [5.74, 6) is 1.10. The Balaban J connectivity index is 1.54. The highest BCUT2D eigenvalue weighted by Crippen LogP contribution is 2.27. The molecule has 1 heterocycles. The van der Waals surface area contributed by atoms with E-state index in [4.69, 9.17) is 4.52 Å². The third-order valence-corrected chi connectivity index (χ3v) is 4.10. The number of hydrogen-bond acceptors (Lipinski definition) is 4. The predicted octanol–water partition coefficient (Wildman–Crippen LogP) is 2.19. The lowest BCUT2D eigenvalue weighted by atomic mass is 9.86. The minimum Gasteiger partial charge on any atom is -0.361 e. The van der Waals surface area contributed by atoms with Crippen LogP contribution in [0.5, 0.6) is 0 Å². The molecule has 1 aromatic rings. The summed E-state index contributed by atoms with van der Waals surface area (Å²) in [6.07, 6.45) is 8.05. The van der Waals surface area contributed by atoms with Crippen LogP contribution in [0.4, 0.5) is 0 Å². The molecule has 0 saturated heterocycles. The summed E-state index contributed by atoms with van der Waals surface area (Å²) in [5.41, 5.74) is 0.265. The van der Waals surface area contributed by atoms with Crippen LogP contribution in [0.3, 0.4) is 0 Å². The molecule has 0 bridgehead atoms. The van der Waals surface area contributed by atoms with Crippen molar-refractivity contribution in [2.75, 3.05) is 13.1 Å². The molecule has 2 N–H and O–H groups in total. The molecule has 0 radical (unpaired) electrons. The molecule has 0 aromatic carbocycles. The van der Waals surface area contributed by atoms with Crippen LogP contribution in [0.15, 0.2) is 10.6 Å². The van der Waals surface area contributed by atoms with E-state index in [9.17, 15) is 9.59 Å². The number of aromatic nitrogens is 1. The topological polar surface area (TPSA) is 84.2 Å². The fraction of sp³-hybridized carbons (Fsp3) is 0.688. The maximum Gasteiger partial charge on any atom is 0.273 e. The summed E-state index contributed by atoms with van der Waals surface area (Å²) in [7, 11) is 0. The van der Waals surface area contributed by atoms with Crippen molar-refractivity contribution in [1.82, 2.24) is 15.8 Å². The zero-order valence-corrected chi connectivity index (χ0v) is 13.2. The highest BCUT2D eigenvalue weighted by molar-refractivity contribution is 5.92. The van der Waals surface area contributed by atoms with Crippen LogP contribution in [-0.4, -0.2) is 30.1 Å². The third kappa shape index (κ3) is 5.50. The van der Waals surface area contributed by atoms with Crippen molar-refractivity contribution in [3.8, 4) is 0 Å². The molecular weight excluding hydrogens is 282 g/mol. The van der Waals surface area contributed by atoms with Gasteiger partial charge in [-0.05, 0) is 19.3 Å². The average molecular weight is 307 g/mol. The lowest BCUT2D eigenvalue weighted by molar-refractivity contribution is -0.121. The Hall–Kier alpha value is -1.85. The van der Waals surface area contributed by atoms with Crippen molar-refractivity contribution in [3.63, 3.8) is 0 Å². The van der Waals surface area contributed by atoms with Crippen molar-refractivity contribution in [1.29, 1.82) is 0 Å². The Bertz CT molecular complexity index is 493. The second-order valence-electron chi connectivity index (χ2n) is 5.97. The molecule has 1 saturated carbocycles. The van der Waals surface area contributed by atoms with Crippen LogP contribution < -0.4 is 10.6 Å². The van der Waals surface area contributed by atoms with Crippen LogP contribution in [0, 0.1) is 12.8 Å². The summed E-state index contributed by atoms with van der Waals surface area (Å²) >= 11 is 0. The molecule has 1 aliphatic rings. The number of hydrogen-bond donors (Lipinski definition) is 2. The molecule has 6 heteroatoms. The number of rotatable bonds is 7. The van der Waals surface area contributed by atoms with Gasteiger partial charge in [-0.25, -0.2) is 0 Å². The van der Waals surface area contributed by atoms with Gasteiger partial charge in [0, 0.05) is 25.6 Å². The molecule has 1 aromatic heterocycles. The lowest BCUT2D eigenvalue weighted by Crippen LogP contribution is -2.34. The third-order valence-electron chi connectivity index (χ3n) is 4.10. The Morgan fingerprint density at radius 3 is 2.64 bits per heavy atom. The zero-order chi connectivity index (χ0) is 15.8. The van der Waals surface area contributed by atoms with Gasteiger partial charge in [0.1, 0.15) is 5.76 Å². The van der Waals surface area contributed by atoms with Gasteiger partial charge in [-0.15, -0.1) is 0 Å². The van der Waals surface area contributed by atoms with E-state index in [2.05, 4.69) is 15.8 Å². The largest absolute Gasteiger partial charge is 0.361 e. The Labute approximate surface area is 131 Å². The van der Waals surface area contributed by atoms with Crippen LogP contribution in [0.25, 0.3) is 0 Å². The quantitative estimate of drug-likeness (QED) is 0.756. The highest BCUT2D eigenvalue weighted by Gasteiger charge is 2.14. The van der Waals surface area contributed by atoms with E-state index in [0.29, 0.717) is 25.3 Å². The molecule has 122 valence electrons. The van der Waals surface area contributed by atoms with E-state index in [1.807, 2.05) is 0 Å². The van der Waals surface area contributed by atoms with E-state index >= 15 is 0 Å². The van der Waals surface area contributed by atoms with Crippen LogP contribution in [-0.2, 0) is 4.79 Å². The van der Waals surface area contributed by atoms with E-state index in [1.165, 1.54) is 32.1 Å². The van der Waals surface area contributed by atoms with Crippen molar-refractivity contribution in [2.24, 2.45) is 5.92 Å². The van der Waals surface area contributed by atoms with Crippen LogP contribution >= 0.6 is 0 Å². The number of carbonyl (C=O) groups is 2. The summed E-state index contributed by atoms with van der Waals surface area (Å²) in [6.45, 7) is 2.56. The maximum absolute atomic E-state index is 11.8. The molecule has 0 spiro atoms. The predicted molar refractivity (Wildman–Crippen MR) is 82.4 cm³/mol. The Morgan fingerprint density at radius 2 is 1.95 bits per heavy atom. The van der Waals surface area contributed by atoms with Crippen molar-refractivity contribution < 1.29 is 14.1 Å². The summed E-state index contributed by atoms with van der Waals surface area (Å²) < 4.78 is 4.84. The number of aryl methyl sites for hydroxylation is 1. The van der Waals surface area contributed by atoms with E-state index in [-0.39, 0.29) is 17.5 Å². The molecule has 22 heavy (non-hydrogen) atoms. The highest BCUT2D eigenvalue weighted by atomic mass is 16.5. The molecule has 1 aliphatic carbocycles. The summed E-state index contributed by atoms with van der Waals surface area (Å²) in [5, 5.41) is 9.17. The first-order valence-corrected chi connectivity index (χ1v) is 8.13. The van der Waals surface area contributed by atoms with Crippen molar-refractivity contribution in [3.05, 3.63) is 17.5 Å². The molecular formula is C16H25N3O3. The summed E-state index contributed by atoms with van der Waals surface area (Å²) in [6, 6.07) is 1.58. The SMILES string of the molecule is Cc1cc(C(=O)NCCNC(=O)CCC2CCCCC2)no1. The minimum absolute atomic E-state index is 0.0668. The number of nitrogens with one attached hydrogen (secondary N) is 2. The number of carbonyl (C=O) groups excluding carboxylic acids is 2. The van der Waals surface area contributed by atoms with Gasteiger partial charge < -0.3 is 15.2 Å². The maximum atomic E-state index is 11.8. The molecule has 6 nitrogen and oxygen atoms in total. The van der Waals surface area contributed by atoms with E-state index in [1.54, 1.807) is 13.0 Å². The molecule has 0 unspecified atom stereocenters. The average Bonchev–Trinajstić information content (AvgIpc) is 2.97. The van der Waals surface area contributed by atoms with E-state index < -0.39 is 0 Å². The van der Waals surface area contributed by atoms with Gasteiger partial charge in [-0.2, -0.15) is 0 Å². The van der Waals surface area contributed by atoms with Crippen molar-refractivity contribution in [2.45, 2.75) is 51.9 Å². The van der Waals surface area contributed by atoms with E-state index in [0.717, 1.165) is 12.3 Å².